The van der Waals surface area contributed by atoms with Crippen LogP contribution in [0.2, 0.25) is 0 Å². The molecule has 54 valence electrons. The molecule has 0 saturated heterocycles. The Bertz CT molecular complexity index is 6.04. The molecule has 0 bridgehead atoms. The van der Waals surface area contributed by atoms with Crippen molar-refractivity contribution in [1.29, 1.82) is 0 Å². The minimum Gasteiger partial charge on any atom is -0.147 e. The molecule has 0 aliphatic heterocycles. The van der Waals surface area contributed by atoms with Gasteiger partial charge < -0.3 is 0 Å². The van der Waals surface area contributed by atoms with Gasteiger partial charge in [0.2, 0.25) is 0 Å². The molecule has 0 atom stereocenters. The van der Waals surface area contributed by atoms with Gasteiger partial charge in [-0.3, -0.25) is 0 Å². The number of hydrogen-bond donors (Lipinski definition) is 0. The van der Waals surface area contributed by atoms with Crippen molar-refractivity contribution in [3.05, 3.63) is 0 Å². The van der Waals surface area contributed by atoms with E-state index in [2.05, 4.69) is 0 Å². The molecule has 7 heavy (non-hydrogen) atoms. The van der Waals surface area contributed by atoms with Crippen molar-refractivity contribution in [3.63, 3.8) is 0 Å². The summed E-state index contributed by atoms with van der Waals surface area (Å²) in [6.07, 6.45) is 0. The first-order chi connectivity index (χ1) is 1.00. The molecule has 0 aliphatic rings. The molecule has 0 aromatic rings. The molecule has 0 radical (unpaired) electrons. The first kappa shape index (κ1) is 78.1. The number of hydrogen-bond acceptors (Lipinski definition) is 0. The van der Waals surface area contributed by atoms with E-state index in [0.717, 1.165) is 0 Å². The fourth-order valence-corrected chi connectivity index (χ4v) is 0. The van der Waals surface area contributed by atoms with Crippen molar-refractivity contribution in [2.24, 2.45) is 0 Å². The van der Waals surface area contributed by atoms with E-state index < -0.39 is 0 Å². The van der Waals surface area contributed by atoms with Crippen LogP contribution < -0.4 is 0 Å². The predicted octanol–water partition coefficient (Wildman–Crippen LogP) is 3.14. The largest absolute Gasteiger partial charge is 0.147 e. The summed E-state index contributed by atoms with van der Waals surface area (Å²) in [6.45, 7) is 4.00. The van der Waals surface area contributed by atoms with Gasteiger partial charge in [-0.25, -0.2) is 0 Å². The summed E-state index contributed by atoms with van der Waals surface area (Å²) < 4.78 is 0. The lowest BCUT2D eigenvalue weighted by atomic mass is 11.0. The van der Waals surface area contributed by atoms with Crippen LogP contribution >= 0.6 is 62.0 Å². The summed E-state index contributed by atoms with van der Waals surface area (Å²) in [7, 11) is 0. The maximum atomic E-state index is 2.00. The summed E-state index contributed by atoms with van der Waals surface area (Å²) in [5.41, 5.74) is 0. The second kappa shape index (κ2) is 147. The van der Waals surface area contributed by atoms with Crippen molar-refractivity contribution in [2.45, 2.75) is 13.8 Å². The van der Waals surface area contributed by atoms with Crippen LogP contribution in [0.15, 0.2) is 0 Å². The van der Waals surface area contributed by atoms with Crippen LogP contribution in [-0.4, -0.2) is 0 Å². The normalized spacial score (nSPS) is 0.857. The molecule has 5 heteroatoms. The van der Waals surface area contributed by atoms with Gasteiger partial charge in [-0.05, 0) is 0 Å². The highest BCUT2D eigenvalue weighted by Gasteiger charge is 0.932. The Hall–Kier alpha value is 1.45. The number of halogens is 5. The van der Waals surface area contributed by atoms with Crippen LogP contribution in [-0.2, 0) is 0 Å². The molecule has 0 amide bonds. The van der Waals surface area contributed by atoms with E-state index in [-0.39, 0.29) is 62.0 Å². The van der Waals surface area contributed by atoms with E-state index in [1.165, 1.54) is 0 Å². The maximum Gasteiger partial charge on any atom is -0.0683 e. The average Bonchev–Trinajstić information content (AvgIpc) is 1.00. The smallest absolute Gasteiger partial charge is 0.0683 e. The van der Waals surface area contributed by atoms with E-state index in [9.17, 15) is 0 Å². The van der Waals surface area contributed by atoms with Crippen LogP contribution in [0.4, 0.5) is 0 Å². The van der Waals surface area contributed by atoms with Crippen LogP contribution in [0.3, 0.4) is 0 Å². The molecule has 0 saturated carbocycles. The molecule has 0 aromatic heterocycles. The van der Waals surface area contributed by atoms with Crippen molar-refractivity contribution in [3.8, 4) is 0 Å². The lowest BCUT2D eigenvalue weighted by Crippen LogP contribution is -0.856. The van der Waals surface area contributed by atoms with Gasteiger partial charge in [0.1, 0.15) is 0 Å². The van der Waals surface area contributed by atoms with E-state index >= 15 is 0 Å². The molecule has 0 aliphatic carbocycles. The van der Waals surface area contributed by atoms with Crippen molar-refractivity contribution in [2.75, 3.05) is 0 Å². The van der Waals surface area contributed by atoms with E-state index in [0.29, 0.717) is 0 Å². The zero-order valence-electron chi connectivity index (χ0n) is 4.04. The van der Waals surface area contributed by atoms with Crippen LogP contribution in [0.25, 0.3) is 0 Å². The molecular weight excluding hydrogens is 201 g/mol. The lowest BCUT2D eigenvalue weighted by Gasteiger charge is -1.07. The minimum atomic E-state index is 0. The van der Waals surface area contributed by atoms with Crippen LogP contribution in [0, 0.1) is 0 Å². The predicted molar refractivity (Wildman–Crippen MR) is 47.6 cm³/mol. The third-order valence-electron chi connectivity index (χ3n) is 0. The summed E-state index contributed by atoms with van der Waals surface area (Å²) >= 11 is 0. The Labute approximate surface area is 75.9 Å². The molecule has 0 aromatic carbocycles. The third-order valence-corrected chi connectivity index (χ3v) is 0. The Morgan fingerprint density at radius 2 is 0.429 bits per heavy atom. The van der Waals surface area contributed by atoms with Gasteiger partial charge in [0.05, 0.1) is 0 Å². The summed E-state index contributed by atoms with van der Waals surface area (Å²) in [5, 5.41) is 0. The molecular formula is C2H11Cl5. The molecule has 0 heterocycles. The fourth-order valence-electron chi connectivity index (χ4n) is 0. The molecule has 0 spiro atoms. The summed E-state index contributed by atoms with van der Waals surface area (Å²) in [6, 6.07) is 0. The SMILES string of the molecule is CC.Cl.Cl.Cl.Cl.Cl. The first-order valence-corrected chi connectivity index (χ1v) is 1.00. The summed E-state index contributed by atoms with van der Waals surface area (Å²) in [4.78, 5) is 0. The molecule has 0 nitrogen and oxygen atoms in total. The Kier molecular flexibility index (Phi) is 1650. The van der Waals surface area contributed by atoms with Gasteiger partial charge in [0, 0.05) is 0 Å². The topological polar surface area (TPSA) is 0 Å². The van der Waals surface area contributed by atoms with Gasteiger partial charge in [0.15, 0.2) is 0 Å². The first-order valence-electron chi connectivity index (χ1n) is 1.00. The second-order valence-electron chi connectivity index (χ2n) is 0. The maximum absolute atomic E-state index is 2.00. The Balaban J connectivity index is -0.000000000500. The quantitative estimate of drug-likeness (QED) is 0.579. The summed E-state index contributed by atoms with van der Waals surface area (Å²) in [5.74, 6) is 0. The molecule has 0 rings (SSSR count). The van der Waals surface area contributed by atoms with Gasteiger partial charge >= 0.3 is 0 Å². The highest BCUT2D eigenvalue weighted by atomic mass is 35.5. The fraction of sp³-hybridized carbons (Fsp3) is 1.00. The van der Waals surface area contributed by atoms with Gasteiger partial charge in [-0.2, -0.15) is 0 Å². The van der Waals surface area contributed by atoms with E-state index in [4.69, 9.17) is 0 Å². The monoisotopic (exact) mass is 210 g/mol. The average molecular weight is 212 g/mol. The highest BCUT2D eigenvalue weighted by molar-refractivity contribution is 5.86. The van der Waals surface area contributed by atoms with Crippen molar-refractivity contribution < 1.29 is 0 Å². The molecule has 0 fully saturated rings. The second-order valence-corrected chi connectivity index (χ2v) is 0. The minimum absolute atomic E-state index is 0. The van der Waals surface area contributed by atoms with E-state index in [1.807, 2.05) is 13.8 Å². The van der Waals surface area contributed by atoms with Crippen LogP contribution in [0.1, 0.15) is 13.8 Å². The zero-order valence-corrected chi connectivity index (χ0v) is 8.12. The van der Waals surface area contributed by atoms with E-state index in [1.54, 1.807) is 0 Å². The standard InChI is InChI=1S/C2H6.5ClH/c1-2;;;;;/h1-2H3;5*1H. The van der Waals surface area contributed by atoms with Gasteiger partial charge in [-0.15, -0.1) is 62.0 Å². The number of rotatable bonds is 0. The van der Waals surface area contributed by atoms with Crippen molar-refractivity contribution in [1.82, 2.24) is 0 Å². The van der Waals surface area contributed by atoms with Crippen molar-refractivity contribution >= 4 is 62.0 Å². The van der Waals surface area contributed by atoms with Gasteiger partial charge in [-0.1, -0.05) is 13.8 Å². The molecule has 0 N–H and O–H groups in total. The lowest BCUT2D eigenvalue weighted by molar-refractivity contribution is 1.50. The van der Waals surface area contributed by atoms with Crippen LogP contribution in [0.5, 0.6) is 0 Å². The van der Waals surface area contributed by atoms with Gasteiger partial charge in [0.25, 0.3) is 0 Å². The zero-order chi connectivity index (χ0) is 2.00. The Morgan fingerprint density at radius 3 is 0.429 bits per heavy atom. The Morgan fingerprint density at radius 1 is 0.429 bits per heavy atom. The third kappa shape index (κ3) is 105. The highest BCUT2D eigenvalue weighted by Crippen LogP contribution is 1.14. The molecule has 0 unspecified atom stereocenters.